The Morgan fingerprint density at radius 3 is 2.26 bits per heavy atom. The van der Waals surface area contributed by atoms with E-state index in [1.807, 2.05) is 6.07 Å². The summed E-state index contributed by atoms with van der Waals surface area (Å²) in [6, 6.07) is 13.1. The van der Waals surface area contributed by atoms with Crippen molar-refractivity contribution in [2.24, 2.45) is 0 Å². The quantitative estimate of drug-likeness (QED) is 0.646. The van der Waals surface area contributed by atoms with Crippen LogP contribution in [0, 0.1) is 0 Å². The highest BCUT2D eigenvalue weighted by atomic mass is 16.5. The summed E-state index contributed by atoms with van der Waals surface area (Å²) in [5.41, 5.74) is 1.27. The second-order valence-electron chi connectivity index (χ2n) is 5.50. The molecule has 5 nitrogen and oxygen atoms in total. The topological polar surface area (TPSA) is 63.7 Å². The lowest BCUT2D eigenvalue weighted by atomic mass is 10.1. The zero-order valence-corrected chi connectivity index (χ0v) is 12.8. The summed E-state index contributed by atoms with van der Waals surface area (Å²) in [5.74, 6) is -1.34. The molecule has 2 aromatic carbocycles. The molecule has 2 aromatic rings. The number of fused-ring (bicyclic) bond motifs is 1. The Hall–Kier alpha value is -2.95. The van der Waals surface area contributed by atoms with Gasteiger partial charge in [0.15, 0.2) is 0 Å². The minimum Gasteiger partial charge on any atom is -0.459 e. The monoisotopic (exact) mass is 309 g/mol. The van der Waals surface area contributed by atoms with Crippen LogP contribution in [0.1, 0.15) is 44.9 Å². The molecule has 1 aliphatic rings. The first kappa shape index (κ1) is 15.0. The molecule has 0 radical (unpaired) electrons. The van der Waals surface area contributed by atoms with Gasteiger partial charge in [0, 0.05) is 0 Å². The fourth-order valence-corrected chi connectivity index (χ4v) is 2.46. The fraction of sp³-hybridized carbons (Fsp3) is 0.167. The maximum atomic E-state index is 12.6. The molecule has 1 heterocycles. The van der Waals surface area contributed by atoms with Gasteiger partial charge in [0.05, 0.1) is 28.5 Å². The van der Waals surface area contributed by atoms with Gasteiger partial charge in [-0.15, -0.1) is 0 Å². The number of ether oxygens (including phenoxy) is 1. The molecule has 3 rings (SSSR count). The van der Waals surface area contributed by atoms with Gasteiger partial charge in [-0.05, 0) is 44.2 Å². The summed E-state index contributed by atoms with van der Waals surface area (Å²) in [5, 5.41) is 0. The van der Waals surface area contributed by atoms with E-state index in [2.05, 4.69) is 0 Å². The summed E-state index contributed by atoms with van der Waals surface area (Å²) in [4.78, 5) is 38.1. The van der Waals surface area contributed by atoms with Crippen LogP contribution in [0.25, 0.3) is 0 Å². The lowest BCUT2D eigenvalue weighted by molar-refractivity contribution is 0.0377. The molecule has 0 N–H and O–H groups in total. The highest BCUT2D eigenvalue weighted by molar-refractivity contribution is 6.34. The number of hydrogen-bond donors (Lipinski definition) is 0. The van der Waals surface area contributed by atoms with E-state index in [0.717, 1.165) is 4.90 Å². The Kier molecular flexibility index (Phi) is 3.70. The van der Waals surface area contributed by atoms with Crippen LogP contribution in [0.5, 0.6) is 0 Å². The van der Waals surface area contributed by atoms with Gasteiger partial charge in [0.25, 0.3) is 11.8 Å². The first-order valence-electron chi connectivity index (χ1n) is 7.28. The van der Waals surface area contributed by atoms with Crippen molar-refractivity contribution in [3.05, 3.63) is 65.2 Å². The molecule has 0 fully saturated rings. The number of benzene rings is 2. The second-order valence-corrected chi connectivity index (χ2v) is 5.50. The average molecular weight is 309 g/mol. The first-order chi connectivity index (χ1) is 11.0. The van der Waals surface area contributed by atoms with Crippen molar-refractivity contribution >= 4 is 23.5 Å². The normalized spacial score (nSPS) is 13.4. The van der Waals surface area contributed by atoms with Crippen molar-refractivity contribution < 1.29 is 19.1 Å². The van der Waals surface area contributed by atoms with Crippen molar-refractivity contribution in [3.63, 3.8) is 0 Å². The third-order valence-corrected chi connectivity index (χ3v) is 3.48. The first-order valence-corrected chi connectivity index (χ1v) is 7.28. The van der Waals surface area contributed by atoms with E-state index in [1.54, 1.807) is 38.1 Å². The van der Waals surface area contributed by atoms with Crippen LogP contribution in [0.15, 0.2) is 48.5 Å². The number of carbonyl (C=O) groups is 3. The van der Waals surface area contributed by atoms with Gasteiger partial charge in [-0.1, -0.05) is 18.2 Å². The molecule has 1 aliphatic heterocycles. The third-order valence-electron chi connectivity index (χ3n) is 3.48. The zero-order valence-electron chi connectivity index (χ0n) is 12.8. The number of imide groups is 1. The van der Waals surface area contributed by atoms with Crippen LogP contribution in [-0.4, -0.2) is 23.9 Å². The predicted molar refractivity (Wildman–Crippen MR) is 84.6 cm³/mol. The molecule has 0 bridgehead atoms. The van der Waals surface area contributed by atoms with Crippen LogP contribution in [0.3, 0.4) is 0 Å². The summed E-state index contributed by atoms with van der Waals surface area (Å²) >= 11 is 0. The summed E-state index contributed by atoms with van der Waals surface area (Å²) < 4.78 is 5.12. The maximum absolute atomic E-state index is 12.6. The van der Waals surface area contributed by atoms with Crippen molar-refractivity contribution in [1.29, 1.82) is 0 Å². The molecule has 0 aliphatic carbocycles. The molecular formula is C18H15NO4. The fourth-order valence-electron chi connectivity index (χ4n) is 2.46. The van der Waals surface area contributed by atoms with E-state index in [0.29, 0.717) is 11.3 Å². The standard InChI is InChI=1S/C18H15NO4/c1-11(2)23-18(22)12-8-9-14-15(10-12)17(21)19(16(14)20)13-6-4-3-5-7-13/h3-11H,1-2H3. The Morgan fingerprint density at radius 1 is 0.957 bits per heavy atom. The molecule has 23 heavy (non-hydrogen) atoms. The van der Waals surface area contributed by atoms with Crippen molar-refractivity contribution in [2.45, 2.75) is 20.0 Å². The number of rotatable bonds is 3. The van der Waals surface area contributed by atoms with Crippen LogP contribution >= 0.6 is 0 Å². The van der Waals surface area contributed by atoms with E-state index in [4.69, 9.17) is 4.74 Å². The van der Waals surface area contributed by atoms with Crippen molar-refractivity contribution in [2.75, 3.05) is 4.90 Å². The number of amides is 2. The highest BCUT2D eigenvalue weighted by Crippen LogP contribution is 2.29. The van der Waals surface area contributed by atoms with Gasteiger partial charge in [0.2, 0.25) is 0 Å². The van der Waals surface area contributed by atoms with Crippen LogP contribution in [-0.2, 0) is 4.74 Å². The number of para-hydroxylation sites is 1. The lowest BCUT2D eigenvalue weighted by Crippen LogP contribution is -2.29. The van der Waals surface area contributed by atoms with Gasteiger partial charge < -0.3 is 4.74 Å². The number of esters is 1. The van der Waals surface area contributed by atoms with E-state index >= 15 is 0 Å². The number of carbonyl (C=O) groups excluding carboxylic acids is 3. The molecule has 0 saturated heterocycles. The predicted octanol–water partition coefficient (Wildman–Crippen LogP) is 3.05. The summed E-state index contributed by atoms with van der Waals surface area (Å²) in [7, 11) is 0. The largest absolute Gasteiger partial charge is 0.459 e. The van der Waals surface area contributed by atoms with Crippen molar-refractivity contribution in [1.82, 2.24) is 0 Å². The van der Waals surface area contributed by atoms with Gasteiger partial charge in [-0.2, -0.15) is 0 Å². The van der Waals surface area contributed by atoms with Crippen LogP contribution < -0.4 is 4.90 Å². The third kappa shape index (κ3) is 2.61. The molecule has 0 atom stereocenters. The maximum Gasteiger partial charge on any atom is 0.338 e. The highest BCUT2D eigenvalue weighted by Gasteiger charge is 2.37. The molecule has 0 spiro atoms. The molecule has 0 saturated carbocycles. The molecule has 2 amide bonds. The Labute approximate surface area is 133 Å². The SMILES string of the molecule is CC(C)OC(=O)c1ccc2c(c1)C(=O)N(c1ccccc1)C2=O. The van der Waals surface area contributed by atoms with E-state index in [9.17, 15) is 14.4 Å². The molecule has 116 valence electrons. The van der Waals surface area contributed by atoms with Gasteiger partial charge in [-0.3, -0.25) is 9.59 Å². The van der Waals surface area contributed by atoms with E-state index < -0.39 is 11.9 Å². The van der Waals surface area contributed by atoms with Gasteiger partial charge >= 0.3 is 5.97 Å². The second kappa shape index (κ2) is 5.68. The zero-order chi connectivity index (χ0) is 16.6. The Morgan fingerprint density at radius 2 is 1.61 bits per heavy atom. The molecule has 0 aromatic heterocycles. The average Bonchev–Trinajstić information content (AvgIpc) is 2.78. The number of hydrogen-bond acceptors (Lipinski definition) is 4. The van der Waals surface area contributed by atoms with E-state index in [-0.39, 0.29) is 23.1 Å². The molecule has 5 heteroatoms. The number of anilines is 1. The molecule has 0 unspecified atom stereocenters. The smallest absolute Gasteiger partial charge is 0.338 e. The van der Waals surface area contributed by atoms with Gasteiger partial charge in [0.1, 0.15) is 0 Å². The van der Waals surface area contributed by atoms with Gasteiger partial charge in [-0.25, -0.2) is 9.69 Å². The Bertz CT molecular complexity index is 796. The summed E-state index contributed by atoms with van der Waals surface area (Å²) in [6.45, 7) is 3.49. The lowest BCUT2D eigenvalue weighted by Gasteiger charge is -2.13. The minimum absolute atomic E-state index is 0.219. The number of nitrogens with zero attached hydrogens (tertiary/aromatic N) is 1. The molecular weight excluding hydrogens is 294 g/mol. The Balaban J connectivity index is 1.98. The van der Waals surface area contributed by atoms with Crippen molar-refractivity contribution in [3.8, 4) is 0 Å². The van der Waals surface area contributed by atoms with Crippen LogP contribution in [0.2, 0.25) is 0 Å². The van der Waals surface area contributed by atoms with Crippen LogP contribution in [0.4, 0.5) is 5.69 Å². The summed E-state index contributed by atoms with van der Waals surface area (Å²) in [6.07, 6.45) is -0.256. The van der Waals surface area contributed by atoms with E-state index in [1.165, 1.54) is 18.2 Å². The minimum atomic E-state index is -0.513.